The first-order valence-corrected chi connectivity index (χ1v) is 8.57. The van der Waals surface area contributed by atoms with Crippen LogP contribution in [0, 0.1) is 12.8 Å². The van der Waals surface area contributed by atoms with Crippen molar-refractivity contribution in [2.75, 3.05) is 5.73 Å². The number of ketones is 1. The number of pyridine rings is 1. The average Bonchev–Trinajstić information content (AvgIpc) is 3.03. The van der Waals surface area contributed by atoms with Gasteiger partial charge in [0.1, 0.15) is 17.5 Å². The molecule has 0 amide bonds. The molecule has 3 aromatic heterocycles. The Kier molecular flexibility index (Phi) is 3.01. The number of aromatic amines is 1. The van der Waals surface area contributed by atoms with Gasteiger partial charge in [-0.1, -0.05) is 6.07 Å². The highest BCUT2D eigenvalue weighted by molar-refractivity contribution is 6.03. The predicted octanol–water partition coefficient (Wildman–Crippen LogP) is 3.91. The molecule has 1 fully saturated rings. The summed E-state index contributed by atoms with van der Waals surface area (Å²) in [6.45, 7) is 2.05. The quantitative estimate of drug-likeness (QED) is 0.551. The summed E-state index contributed by atoms with van der Waals surface area (Å²) in [7, 11) is 0. The zero-order chi connectivity index (χ0) is 18.0. The van der Waals surface area contributed by atoms with Gasteiger partial charge in [0.05, 0.1) is 5.92 Å². The van der Waals surface area contributed by atoms with E-state index in [1.807, 2.05) is 36.7 Å². The summed E-state index contributed by atoms with van der Waals surface area (Å²) >= 11 is 0. The molecular formula is C20H17FN4O. The Morgan fingerprint density at radius 1 is 1.31 bits per heavy atom. The molecular weight excluding hydrogens is 331 g/mol. The summed E-state index contributed by atoms with van der Waals surface area (Å²) in [5, 5.41) is 1.11. The number of H-pyrrole nitrogens is 1. The highest BCUT2D eigenvalue weighted by Crippen LogP contribution is 2.38. The van der Waals surface area contributed by atoms with Gasteiger partial charge in [-0.3, -0.25) is 9.20 Å². The van der Waals surface area contributed by atoms with Crippen LogP contribution in [-0.2, 0) is 0 Å². The van der Waals surface area contributed by atoms with Gasteiger partial charge in [0, 0.05) is 23.3 Å². The number of hydrogen-bond donors (Lipinski definition) is 2. The van der Waals surface area contributed by atoms with Crippen LogP contribution in [0.3, 0.4) is 0 Å². The van der Waals surface area contributed by atoms with Crippen molar-refractivity contribution < 1.29 is 9.18 Å². The molecule has 3 N–H and O–H groups in total. The van der Waals surface area contributed by atoms with Crippen molar-refractivity contribution in [2.45, 2.75) is 19.5 Å². The maximum atomic E-state index is 13.4. The summed E-state index contributed by atoms with van der Waals surface area (Å²) in [6, 6.07) is 9.96. The summed E-state index contributed by atoms with van der Waals surface area (Å²) in [5.41, 5.74) is 11.1. The second-order valence-corrected chi connectivity index (χ2v) is 6.91. The number of carbonyl (C=O) groups is 1. The largest absolute Gasteiger partial charge is 0.382 e. The highest BCUT2D eigenvalue weighted by Gasteiger charge is 2.45. The van der Waals surface area contributed by atoms with Gasteiger partial charge in [-0.05, 0) is 54.3 Å². The second-order valence-electron chi connectivity index (χ2n) is 6.91. The molecule has 0 saturated heterocycles. The number of imidazole rings is 1. The fraction of sp³-hybridized carbons (Fsp3) is 0.200. The van der Waals surface area contributed by atoms with E-state index in [-0.39, 0.29) is 23.7 Å². The van der Waals surface area contributed by atoms with Gasteiger partial charge < -0.3 is 10.7 Å². The third-order valence-electron chi connectivity index (χ3n) is 5.16. The SMILES string of the molecule is Cc1ccc2[nH]ccc2c1-c1ccc2nc(N)c(C(=O)[C@@H]3C[C@@H]3F)n2c1. The maximum absolute atomic E-state index is 13.4. The summed E-state index contributed by atoms with van der Waals surface area (Å²) in [5.74, 6) is -0.699. The molecule has 0 aliphatic heterocycles. The van der Waals surface area contributed by atoms with E-state index in [0.29, 0.717) is 5.65 Å². The number of aromatic nitrogens is 3. The monoisotopic (exact) mass is 348 g/mol. The summed E-state index contributed by atoms with van der Waals surface area (Å²) < 4.78 is 15.1. The number of nitrogens with one attached hydrogen (secondary N) is 1. The number of anilines is 1. The van der Waals surface area contributed by atoms with Crippen LogP contribution in [0.5, 0.6) is 0 Å². The van der Waals surface area contributed by atoms with Gasteiger partial charge >= 0.3 is 0 Å². The van der Waals surface area contributed by atoms with Crippen molar-refractivity contribution in [3.63, 3.8) is 0 Å². The highest BCUT2D eigenvalue weighted by atomic mass is 19.1. The van der Waals surface area contributed by atoms with Crippen LogP contribution in [0.25, 0.3) is 27.7 Å². The molecule has 0 bridgehead atoms. The van der Waals surface area contributed by atoms with Crippen molar-refractivity contribution >= 4 is 28.2 Å². The number of nitrogens with zero attached hydrogens (tertiary/aromatic N) is 2. The zero-order valence-electron chi connectivity index (χ0n) is 14.2. The molecule has 5 nitrogen and oxygen atoms in total. The molecule has 1 aliphatic rings. The standard InChI is InChI=1S/C20H17FN4O/c1-10-2-4-15-12(6-7-23-15)17(10)11-3-5-16-24-20(22)18(25(16)9-11)19(26)13-8-14(13)21/h2-7,9,13-14,23H,8,22H2,1H3/t13-,14+/m1/s1. The summed E-state index contributed by atoms with van der Waals surface area (Å²) in [6.07, 6.45) is 2.99. The smallest absolute Gasteiger partial charge is 0.189 e. The normalized spacial score (nSPS) is 19.3. The Morgan fingerprint density at radius 2 is 2.12 bits per heavy atom. The summed E-state index contributed by atoms with van der Waals surface area (Å²) in [4.78, 5) is 20.1. The minimum absolute atomic E-state index is 0.155. The lowest BCUT2D eigenvalue weighted by Crippen LogP contribution is -2.10. The molecule has 0 unspecified atom stereocenters. The number of benzene rings is 1. The Hall–Kier alpha value is -3.15. The van der Waals surface area contributed by atoms with E-state index in [0.717, 1.165) is 27.6 Å². The van der Waals surface area contributed by atoms with E-state index in [4.69, 9.17) is 5.73 Å². The molecule has 1 saturated carbocycles. The Morgan fingerprint density at radius 3 is 2.88 bits per heavy atom. The molecule has 6 heteroatoms. The first-order chi connectivity index (χ1) is 12.5. The number of alkyl halides is 1. The van der Waals surface area contributed by atoms with Gasteiger partial charge in [-0.15, -0.1) is 0 Å². The molecule has 0 radical (unpaired) electrons. The number of halogens is 1. The van der Waals surface area contributed by atoms with Crippen LogP contribution >= 0.6 is 0 Å². The number of fused-ring (bicyclic) bond motifs is 2. The number of Topliss-reactive ketones (excluding diaryl/α,β-unsaturated/α-hetero) is 1. The van der Waals surface area contributed by atoms with E-state index in [1.165, 1.54) is 0 Å². The lowest BCUT2D eigenvalue weighted by atomic mass is 9.98. The Bertz CT molecular complexity index is 1190. The molecule has 26 heavy (non-hydrogen) atoms. The third-order valence-corrected chi connectivity index (χ3v) is 5.16. The predicted molar refractivity (Wildman–Crippen MR) is 99.0 cm³/mol. The molecule has 1 aliphatic carbocycles. The van der Waals surface area contributed by atoms with E-state index in [2.05, 4.69) is 23.0 Å². The van der Waals surface area contributed by atoms with Crippen molar-refractivity contribution in [3.8, 4) is 11.1 Å². The fourth-order valence-corrected chi connectivity index (χ4v) is 3.69. The van der Waals surface area contributed by atoms with Crippen LogP contribution in [0.15, 0.2) is 42.7 Å². The zero-order valence-corrected chi connectivity index (χ0v) is 14.2. The molecule has 3 heterocycles. The van der Waals surface area contributed by atoms with Crippen LogP contribution in [-0.4, -0.2) is 26.3 Å². The lowest BCUT2D eigenvalue weighted by Gasteiger charge is -2.10. The minimum Gasteiger partial charge on any atom is -0.382 e. The van der Waals surface area contributed by atoms with Crippen LogP contribution in [0.1, 0.15) is 22.5 Å². The van der Waals surface area contributed by atoms with E-state index >= 15 is 0 Å². The molecule has 130 valence electrons. The number of nitrogen functional groups attached to an aromatic ring is 1. The molecule has 0 spiro atoms. The molecule has 1 aromatic carbocycles. The number of hydrogen-bond acceptors (Lipinski definition) is 3. The number of aryl methyl sites for hydroxylation is 1. The van der Waals surface area contributed by atoms with Crippen LogP contribution < -0.4 is 5.73 Å². The van der Waals surface area contributed by atoms with Crippen LogP contribution in [0.4, 0.5) is 10.2 Å². The van der Waals surface area contributed by atoms with Crippen LogP contribution in [0.2, 0.25) is 0 Å². The maximum Gasteiger partial charge on any atom is 0.189 e. The minimum atomic E-state index is -1.06. The Labute approximate surface area is 148 Å². The van der Waals surface area contributed by atoms with E-state index in [9.17, 15) is 9.18 Å². The van der Waals surface area contributed by atoms with Gasteiger partial charge in [0.25, 0.3) is 0 Å². The average molecular weight is 348 g/mol. The first-order valence-electron chi connectivity index (χ1n) is 8.57. The second kappa shape index (κ2) is 5.17. The topological polar surface area (TPSA) is 76.2 Å². The first kappa shape index (κ1) is 15.1. The Balaban J connectivity index is 1.74. The van der Waals surface area contributed by atoms with Crippen molar-refractivity contribution in [3.05, 3.63) is 54.0 Å². The van der Waals surface area contributed by atoms with Gasteiger partial charge in [0.15, 0.2) is 11.6 Å². The third kappa shape index (κ3) is 2.08. The van der Waals surface area contributed by atoms with Crippen molar-refractivity contribution in [1.82, 2.24) is 14.4 Å². The number of carbonyl (C=O) groups excluding carboxylic acids is 1. The number of nitrogens with two attached hydrogens (primary N) is 1. The van der Waals surface area contributed by atoms with Gasteiger partial charge in [-0.2, -0.15) is 0 Å². The van der Waals surface area contributed by atoms with Gasteiger partial charge in [-0.25, -0.2) is 9.37 Å². The van der Waals surface area contributed by atoms with E-state index in [1.54, 1.807) is 4.40 Å². The van der Waals surface area contributed by atoms with Crippen molar-refractivity contribution in [2.24, 2.45) is 5.92 Å². The lowest BCUT2D eigenvalue weighted by molar-refractivity contribution is 0.0952. The molecule has 5 rings (SSSR count). The van der Waals surface area contributed by atoms with Crippen molar-refractivity contribution in [1.29, 1.82) is 0 Å². The van der Waals surface area contributed by atoms with E-state index < -0.39 is 12.1 Å². The molecule has 4 aromatic rings. The molecule has 2 atom stereocenters. The fourth-order valence-electron chi connectivity index (χ4n) is 3.69. The number of rotatable bonds is 3. The van der Waals surface area contributed by atoms with Gasteiger partial charge in [0.2, 0.25) is 0 Å².